The molecule has 1 amide bonds. The Kier molecular flexibility index (Phi) is 6.43. The molecule has 2 unspecified atom stereocenters. The molecule has 1 aromatic rings. The molecule has 1 aliphatic heterocycles. The zero-order valence-electron chi connectivity index (χ0n) is 11.7. The van der Waals surface area contributed by atoms with Crippen molar-refractivity contribution >= 4 is 18.3 Å². The molecule has 1 aromatic carbocycles. The molecule has 2 N–H and O–H groups in total. The number of nitrogens with two attached hydrogens (primary N) is 1. The van der Waals surface area contributed by atoms with Gasteiger partial charge in [0.2, 0.25) is 5.91 Å². The number of benzene rings is 1. The Bertz CT molecular complexity index is 438. The van der Waals surface area contributed by atoms with Gasteiger partial charge in [-0.05, 0) is 37.0 Å². The first-order valence-electron chi connectivity index (χ1n) is 6.89. The summed E-state index contributed by atoms with van der Waals surface area (Å²) in [5, 5.41) is 0. The molecule has 112 valence electrons. The standard InChI is InChI=1S/C15H21FN2O.ClH/c1-11(10-17)15(19)18-9-3-2-4-14(18)12-5-7-13(16)8-6-12;/h5-8,11,14H,2-4,9-10,17H2,1H3;1H. The molecule has 0 bridgehead atoms. The molecule has 2 atom stereocenters. The van der Waals surface area contributed by atoms with Gasteiger partial charge in [0.25, 0.3) is 0 Å². The highest BCUT2D eigenvalue weighted by atomic mass is 35.5. The smallest absolute Gasteiger partial charge is 0.227 e. The maximum Gasteiger partial charge on any atom is 0.227 e. The Morgan fingerprint density at radius 2 is 2.05 bits per heavy atom. The summed E-state index contributed by atoms with van der Waals surface area (Å²) in [6.07, 6.45) is 3.07. The third-order valence-electron chi connectivity index (χ3n) is 3.82. The minimum Gasteiger partial charge on any atom is -0.335 e. The van der Waals surface area contributed by atoms with Crippen LogP contribution in [0.2, 0.25) is 0 Å². The number of likely N-dealkylation sites (tertiary alicyclic amines) is 1. The molecule has 3 nitrogen and oxygen atoms in total. The number of hydrogen-bond donors (Lipinski definition) is 1. The third kappa shape index (κ3) is 3.70. The normalized spacial score (nSPS) is 20.1. The van der Waals surface area contributed by atoms with Crippen LogP contribution >= 0.6 is 12.4 Å². The van der Waals surface area contributed by atoms with Gasteiger partial charge in [0, 0.05) is 19.0 Å². The van der Waals surface area contributed by atoms with Gasteiger partial charge in [-0.25, -0.2) is 4.39 Å². The predicted octanol–water partition coefficient (Wildman–Crippen LogP) is 2.90. The molecular formula is C15H22ClFN2O. The van der Waals surface area contributed by atoms with Crippen LogP contribution in [0.3, 0.4) is 0 Å². The zero-order valence-corrected chi connectivity index (χ0v) is 12.5. The van der Waals surface area contributed by atoms with E-state index in [1.54, 1.807) is 12.1 Å². The molecule has 2 rings (SSSR count). The van der Waals surface area contributed by atoms with Crippen molar-refractivity contribution in [2.75, 3.05) is 13.1 Å². The highest BCUT2D eigenvalue weighted by Crippen LogP contribution is 2.31. The summed E-state index contributed by atoms with van der Waals surface area (Å²) in [5.41, 5.74) is 6.60. The van der Waals surface area contributed by atoms with Crippen LogP contribution in [0.4, 0.5) is 4.39 Å². The van der Waals surface area contributed by atoms with Gasteiger partial charge in [-0.1, -0.05) is 19.1 Å². The fraction of sp³-hybridized carbons (Fsp3) is 0.533. The molecule has 0 aliphatic carbocycles. The van der Waals surface area contributed by atoms with E-state index in [4.69, 9.17) is 5.73 Å². The number of rotatable bonds is 3. The molecule has 1 saturated heterocycles. The molecule has 0 aromatic heterocycles. The van der Waals surface area contributed by atoms with Crippen molar-refractivity contribution in [2.45, 2.75) is 32.2 Å². The molecule has 1 aliphatic rings. The number of carbonyl (C=O) groups excluding carboxylic acids is 1. The minimum absolute atomic E-state index is 0. The molecular weight excluding hydrogens is 279 g/mol. The molecule has 0 saturated carbocycles. The highest BCUT2D eigenvalue weighted by molar-refractivity contribution is 5.85. The lowest BCUT2D eigenvalue weighted by Gasteiger charge is -2.37. The fourth-order valence-electron chi connectivity index (χ4n) is 2.61. The molecule has 5 heteroatoms. The third-order valence-corrected chi connectivity index (χ3v) is 3.82. The number of amides is 1. The first kappa shape index (κ1) is 16.9. The number of nitrogens with zero attached hydrogens (tertiary/aromatic N) is 1. The molecule has 20 heavy (non-hydrogen) atoms. The van der Waals surface area contributed by atoms with Crippen molar-refractivity contribution in [2.24, 2.45) is 11.7 Å². The van der Waals surface area contributed by atoms with Crippen molar-refractivity contribution in [1.29, 1.82) is 0 Å². The van der Waals surface area contributed by atoms with Crippen LogP contribution in [0.1, 0.15) is 37.8 Å². The van der Waals surface area contributed by atoms with E-state index in [2.05, 4.69) is 0 Å². The summed E-state index contributed by atoms with van der Waals surface area (Å²) in [7, 11) is 0. The number of carbonyl (C=O) groups is 1. The minimum atomic E-state index is -0.243. The molecule has 1 heterocycles. The Labute approximate surface area is 125 Å². The Hall–Kier alpha value is -1.13. The maximum absolute atomic E-state index is 13.0. The van der Waals surface area contributed by atoms with E-state index in [1.807, 2.05) is 11.8 Å². The number of hydrogen-bond acceptors (Lipinski definition) is 2. The average Bonchev–Trinajstić information content (AvgIpc) is 2.46. The van der Waals surface area contributed by atoms with E-state index in [-0.39, 0.29) is 36.1 Å². The van der Waals surface area contributed by atoms with Gasteiger partial charge in [0.05, 0.1) is 6.04 Å². The summed E-state index contributed by atoms with van der Waals surface area (Å²) >= 11 is 0. The molecule has 0 spiro atoms. The summed E-state index contributed by atoms with van der Waals surface area (Å²) in [5.74, 6) is -0.287. The lowest BCUT2D eigenvalue weighted by molar-refractivity contribution is -0.138. The highest BCUT2D eigenvalue weighted by Gasteiger charge is 2.29. The van der Waals surface area contributed by atoms with Gasteiger partial charge in [-0.3, -0.25) is 4.79 Å². The van der Waals surface area contributed by atoms with Crippen LogP contribution in [0, 0.1) is 11.7 Å². The monoisotopic (exact) mass is 300 g/mol. The summed E-state index contributed by atoms with van der Waals surface area (Å²) in [6.45, 7) is 3.00. The second-order valence-electron chi connectivity index (χ2n) is 5.23. The second kappa shape index (κ2) is 7.60. The van der Waals surface area contributed by atoms with Crippen molar-refractivity contribution in [3.8, 4) is 0 Å². The van der Waals surface area contributed by atoms with Gasteiger partial charge in [0.1, 0.15) is 5.82 Å². The van der Waals surface area contributed by atoms with Gasteiger partial charge in [0.15, 0.2) is 0 Å². The lowest BCUT2D eigenvalue weighted by atomic mass is 9.94. The quantitative estimate of drug-likeness (QED) is 0.933. The Morgan fingerprint density at radius 3 is 2.65 bits per heavy atom. The maximum atomic E-state index is 13.0. The van der Waals surface area contributed by atoms with Crippen molar-refractivity contribution in [3.05, 3.63) is 35.6 Å². The average molecular weight is 301 g/mol. The van der Waals surface area contributed by atoms with Gasteiger partial charge < -0.3 is 10.6 Å². The Morgan fingerprint density at radius 1 is 1.40 bits per heavy atom. The van der Waals surface area contributed by atoms with Crippen molar-refractivity contribution in [1.82, 2.24) is 4.90 Å². The van der Waals surface area contributed by atoms with Crippen LogP contribution in [0.5, 0.6) is 0 Å². The van der Waals surface area contributed by atoms with E-state index in [0.717, 1.165) is 31.4 Å². The van der Waals surface area contributed by atoms with E-state index in [1.165, 1.54) is 12.1 Å². The van der Waals surface area contributed by atoms with E-state index >= 15 is 0 Å². The van der Waals surface area contributed by atoms with Crippen LogP contribution in [0.15, 0.2) is 24.3 Å². The zero-order chi connectivity index (χ0) is 13.8. The van der Waals surface area contributed by atoms with E-state index < -0.39 is 0 Å². The largest absolute Gasteiger partial charge is 0.335 e. The molecule has 1 fully saturated rings. The summed E-state index contributed by atoms with van der Waals surface area (Å²) < 4.78 is 13.0. The van der Waals surface area contributed by atoms with E-state index in [0.29, 0.717) is 6.54 Å². The second-order valence-corrected chi connectivity index (χ2v) is 5.23. The van der Waals surface area contributed by atoms with Gasteiger partial charge in [-0.2, -0.15) is 0 Å². The topological polar surface area (TPSA) is 46.3 Å². The van der Waals surface area contributed by atoms with Crippen LogP contribution in [-0.4, -0.2) is 23.9 Å². The van der Waals surface area contributed by atoms with E-state index in [9.17, 15) is 9.18 Å². The summed E-state index contributed by atoms with van der Waals surface area (Å²) in [4.78, 5) is 14.3. The SMILES string of the molecule is CC(CN)C(=O)N1CCCCC1c1ccc(F)cc1.Cl. The Balaban J connectivity index is 0.00000200. The molecule has 0 radical (unpaired) electrons. The van der Waals surface area contributed by atoms with Crippen molar-refractivity contribution < 1.29 is 9.18 Å². The number of piperidine rings is 1. The lowest BCUT2D eigenvalue weighted by Crippen LogP contribution is -2.43. The fourth-order valence-corrected chi connectivity index (χ4v) is 2.61. The first-order chi connectivity index (χ1) is 9.13. The predicted molar refractivity (Wildman–Crippen MR) is 80.2 cm³/mol. The summed E-state index contributed by atoms with van der Waals surface area (Å²) in [6, 6.07) is 6.53. The van der Waals surface area contributed by atoms with Crippen LogP contribution in [-0.2, 0) is 4.79 Å². The van der Waals surface area contributed by atoms with Gasteiger partial charge in [-0.15, -0.1) is 12.4 Å². The van der Waals surface area contributed by atoms with Crippen molar-refractivity contribution in [3.63, 3.8) is 0 Å². The van der Waals surface area contributed by atoms with Gasteiger partial charge >= 0.3 is 0 Å². The number of halogens is 2. The van der Waals surface area contributed by atoms with Crippen LogP contribution in [0.25, 0.3) is 0 Å². The first-order valence-corrected chi connectivity index (χ1v) is 6.89. The van der Waals surface area contributed by atoms with Crippen LogP contribution < -0.4 is 5.73 Å².